The van der Waals surface area contributed by atoms with Gasteiger partial charge < -0.3 is 15.5 Å². The number of benzene rings is 2. The SMILES string of the molecule is CN1CCN(c2ccc([N+](=O)[O-])c(N)c2)c2ccccc21. The van der Waals surface area contributed by atoms with Gasteiger partial charge in [0.1, 0.15) is 5.69 Å². The Morgan fingerprint density at radius 1 is 1.14 bits per heavy atom. The predicted molar refractivity (Wildman–Crippen MR) is 84.2 cm³/mol. The van der Waals surface area contributed by atoms with Crippen LogP contribution in [0.4, 0.5) is 28.4 Å². The van der Waals surface area contributed by atoms with Gasteiger partial charge in [0.05, 0.1) is 16.3 Å². The molecule has 6 nitrogen and oxygen atoms in total. The van der Waals surface area contributed by atoms with E-state index in [1.807, 2.05) is 18.2 Å². The quantitative estimate of drug-likeness (QED) is 0.521. The number of nitrogen functional groups attached to an aromatic ring is 1. The Hall–Kier alpha value is -2.76. The van der Waals surface area contributed by atoms with Crippen molar-refractivity contribution in [1.29, 1.82) is 0 Å². The Bertz CT molecular complexity index is 702. The molecule has 1 aliphatic rings. The largest absolute Gasteiger partial charge is 0.393 e. The molecule has 1 aliphatic heterocycles. The van der Waals surface area contributed by atoms with Gasteiger partial charge >= 0.3 is 0 Å². The van der Waals surface area contributed by atoms with Gasteiger partial charge in [0.15, 0.2) is 0 Å². The molecule has 0 radical (unpaired) electrons. The van der Waals surface area contributed by atoms with E-state index in [1.165, 1.54) is 6.07 Å². The van der Waals surface area contributed by atoms with Crippen molar-refractivity contribution in [2.45, 2.75) is 0 Å². The number of likely N-dealkylation sites (N-methyl/N-ethyl adjacent to an activating group) is 1. The number of anilines is 4. The Morgan fingerprint density at radius 3 is 2.52 bits per heavy atom. The predicted octanol–water partition coefficient (Wildman–Crippen LogP) is 2.76. The molecule has 0 amide bonds. The summed E-state index contributed by atoms with van der Waals surface area (Å²) in [6, 6.07) is 13.0. The third-order valence-corrected chi connectivity index (χ3v) is 3.76. The molecule has 0 saturated heterocycles. The number of hydrogen-bond acceptors (Lipinski definition) is 5. The zero-order valence-electron chi connectivity index (χ0n) is 11.7. The summed E-state index contributed by atoms with van der Waals surface area (Å²) in [4.78, 5) is 14.7. The van der Waals surface area contributed by atoms with Crippen molar-refractivity contribution in [2.75, 3.05) is 35.7 Å². The smallest absolute Gasteiger partial charge is 0.292 e. The highest BCUT2D eigenvalue weighted by Gasteiger charge is 2.22. The molecule has 3 rings (SSSR count). The number of hydrogen-bond donors (Lipinski definition) is 1. The van der Waals surface area contributed by atoms with Crippen LogP contribution < -0.4 is 15.5 Å². The average Bonchev–Trinajstić information content (AvgIpc) is 2.47. The van der Waals surface area contributed by atoms with Crippen LogP contribution in [-0.4, -0.2) is 25.1 Å². The normalized spacial score (nSPS) is 14.0. The lowest BCUT2D eigenvalue weighted by Gasteiger charge is -2.37. The van der Waals surface area contributed by atoms with Gasteiger partial charge in [0.25, 0.3) is 5.69 Å². The van der Waals surface area contributed by atoms with E-state index in [-0.39, 0.29) is 11.4 Å². The maximum atomic E-state index is 10.9. The number of nitro benzene ring substituents is 1. The molecule has 0 aliphatic carbocycles. The molecule has 6 heteroatoms. The topological polar surface area (TPSA) is 75.6 Å². The molecule has 0 atom stereocenters. The number of nitro groups is 1. The lowest BCUT2D eigenvalue weighted by molar-refractivity contribution is -0.383. The summed E-state index contributed by atoms with van der Waals surface area (Å²) in [5.41, 5.74) is 9.03. The average molecular weight is 284 g/mol. The first-order valence-electron chi connectivity index (χ1n) is 6.69. The third-order valence-electron chi connectivity index (χ3n) is 3.76. The summed E-state index contributed by atoms with van der Waals surface area (Å²) < 4.78 is 0. The van der Waals surface area contributed by atoms with Gasteiger partial charge in [-0.3, -0.25) is 10.1 Å². The number of para-hydroxylation sites is 2. The molecule has 108 valence electrons. The van der Waals surface area contributed by atoms with Crippen molar-refractivity contribution >= 4 is 28.4 Å². The summed E-state index contributed by atoms with van der Waals surface area (Å²) in [6.07, 6.45) is 0. The van der Waals surface area contributed by atoms with Gasteiger partial charge in [0, 0.05) is 31.9 Å². The van der Waals surface area contributed by atoms with Gasteiger partial charge in [-0.25, -0.2) is 0 Å². The van der Waals surface area contributed by atoms with Crippen molar-refractivity contribution in [2.24, 2.45) is 0 Å². The highest BCUT2D eigenvalue weighted by atomic mass is 16.6. The zero-order valence-corrected chi connectivity index (χ0v) is 11.7. The van der Waals surface area contributed by atoms with Gasteiger partial charge in [-0.15, -0.1) is 0 Å². The fourth-order valence-electron chi connectivity index (χ4n) is 2.65. The second kappa shape index (κ2) is 4.97. The molecule has 0 bridgehead atoms. The van der Waals surface area contributed by atoms with Crippen LogP contribution in [0.15, 0.2) is 42.5 Å². The summed E-state index contributed by atoms with van der Waals surface area (Å²) in [7, 11) is 2.06. The van der Waals surface area contributed by atoms with E-state index in [9.17, 15) is 10.1 Å². The van der Waals surface area contributed by atoms with E-state index in [0.29, 0.717) is 0 Å². The molecule has 0 aromatic heterocycles. The van der Waals surface area contributed by atoms with Gasteiger partial charge in [-0.1, -0.05) is 12.1 Å². The summed E-state index contributed by atoms with van der Waals surface area (Å²) in [6.45, 7) is 1.69. The van der Waals surface area contributed by atoms with Crippen LogP contribution in [-0.2, 0) is 0 Å². The first-order valence-corrected chi connectivity index (χ1v) is 6.69. The second-order valence-electron chi connectivity index (χ2n) is 5.06. The van der Waals surface area contributed by atoms with Crippen molar-refractivity contribution < 1.29 is 4.92 Å². The third kappa shape index (κ3) is 2.24. The Labute approximate surface area is 122 Å². The first kappa shape index (κ1) is 13.2. The van der Waals surface area contributed by atoms with Crippen LogP contribution in [0, 0.1) is 10.1 Å². The lowest BCUT2D eigenvalue weighted by atomic mass is 10.1. The summed E-state index contributed by atoms with van der Waals surface area (Å²) >= 11 is 0. The van der Waals surface area contributed by atoms with Crippen molar-refractivity contribution in [3.8, 4) is 0 Å². The molecule has 1 heterocycles. The minimum absolute atomic E-state index is 0.0545. The minimum atomic E-state index is -0.461. The molecule has 21 heavy (non-hydrogen) atoms. The Balaban J connectivity index is 2.04. The number of nitrogens with zero attached hydrogens (tertiary/aromatic N) is 3. The minimum Gasteiger partial charge on any atom is -0.393 e. The van der Waals surface area contributed by atoms with Gasteiger partial charge in [-0.2, -0.15) is 0 Å². The number of fused-ring (bicyclic) bond motifs is 1. The molecule has 2 aromatic carbocycles. The van der Waals surface area contributed by atoms with Crippen molar-refractivity contribution in [3.63, 3.8) is 0 Å². The zero-order chi connectivity index (χ0) is 15.0. The molecule has 0 spiro atoms. The van der Waals surface area contributed by atoms with E-state index in [4.69, 9.17) is 5.73 Å². The number of rotatable bonds is 2. The van der Waals surface area contributed by atoms with E-state index in [0.717, 1.165) is 30.2 Å². The number of nitrogens with two attached hydrogens (primary N) is 1. The van der Waals surface area contributed by atoms with E-state index >= 15 is 0 Å². The van der Waals surface area contributed by atoms with Crippen LogP contribution in [0.2, 0.25) is 0 Å². The molecule has 0 saturated carbocycles. The van der Waals surface area contributed by atoms with Crippen LogP contribution >= 0.6 is 0 Å². The molecule has 0 unspecified atom stereocenters. The van der Waals surface area contributed by atoms with Gasteiger partial charge in [-0.05, 0) is 24.3 Å². The van der Waals surface area contributed by atoms with Crippen LogP contribution in [0.5, 0.6) is 0 Å². The fourth-order valence-corrected chi connectivity index (χ4v) is 2.65. The lowest BCUT2D eigenvalue weighted by Crippen LogP contribution is -2.36. The monoisotopic (exact) mass is 284 g/mol. The van der Waals surface area contributed by atoms with E-state index in [2.05, 4.69) is 22.9 Å². The van der Waals surface area contributed by atoms with Crippen molar-refractivity contribution in [1.82, 2.24) is 0 Å². The molecule has 2 N–H and O–H groups in total. The molecular formula is C15H16N4O2. The Morgan fingerprint density at radius 2 is 1.86 bits per heavy atom. The van der Waals surface area contributed by atoms with Crippen molar-refractivity contribution in [3.05, 3.63) is 52.6 Å². The standard InChI is InChI=1S/C15H16N4O2/c1-17-8-9-18(15-5-3-2-4-14(15)17)11-6-7-13(19(20)21)12(16)10-11/h2-7,10H,8-9,16H2,1H3. The first-order chi connectivity index (χ1) is 10.1. The second-order valence-corrected chi connectivity index (χ2v) is 5.06. The van der Waals surface area contributed by atoms with E-state index in [1.54, 1.807) is 12.1 Å². The molecule has 2 aromatic rings. The van der Waals surface area contributed by atoms with E-state index < -0.39 is 4.92 Å². The maximum Gasteiger partial charge on any atom is 0.292 e. The fraction of sp³-hybridized carbons (Fsp3) is 0.200. The Kier molecular flexibility index (Phi) is 3.13. The van der Waals surface area contributed by atoms with Crippen LogP contribution in [0.3, 0.4) is 0 Å². The molecular weight excluding hydrogens is 268 g/mol. The highest BCUT2D eigenvalue weighted by Crippen LogP contribution is 2.38. The molecule has 0 fully saturated rings. The summed E-state index contributed by atoms with van der Waals surface area (Å²) in [5, 5.41) is 10.9. The van der Waals surface area contributed by atoms with Crippen LogP contribution in [0.25, 0.3) is 0 Å². The highest BCUT2D eigenvalue weighted by molar-refractivity contribution is 5.81. The van der Waals surface area contributed by atoms with Gasteiger partial charge in [0.2, 0.25) is 0 Å². The maximum absolute atomic E-state index is 10.9. The summed E-state index contributed by atoms with van der Waals surface area (Å²) in [5.74, 6) is 0. The van der Waals surface area contributed by atoms with Crippen LogP contribution in [0.1, 0.15) is 0 Å².